The van der Waals surface area contributed by atoms with Crippen molar-refractivity contribution in [2.24, 2.45) is 5.73 Å². The third-order valence-corrected chi connectivity index (χ3v) is 3.34. The van der Waals surface area contributed by atoms with Crippen molar-refractivity contribution >= 4 is 28.8 Å². The first-order valence-electron chi connectivity index (χ1n) is 6.33. The summed E-state index contributed by atoms with van der Waals surface area (Å²) in [5.74, 6) is -0.277. The van der Waals surface area contributed by atoms with Crippen LogP contribution < -0.4 is 11.1 Å². The Morgan fingerprint density at radius 3 is 2.50 bits per heavy atom. The summed E-state index contributed by atoms with van der Waals surface area (Å²) in [6.45, 7) is 1.88. The van der Waals surface area contributed by atoms with Crippen LogP contribution in [0, 0.1) is 0 Å². The number of hydrogen-bond acceptors (Lipinski definition) is 2. The highest BCUT2D eigenvalue weighted by atomic mass is 32.1. The third-order valence-electron chi connectivity index (χ3n) is 3.11. The zero-order valence-corrected chi connectivity index (χ0v) is 12.0. The lowest BCUT2D eigenvalue weighted by molar-refractivity contribution is -0.117. The number of anilines is 1. The lowest BCUT2D eigenvalue weighted by atomic mass is 10.0. The third kappa shape index (κ3) is 3.42. The molecule has 4 heteroatoms. The second-order valence-corrected chi connectivity index (χ2v) is 5.01. The monoisotopic (exact) mass is 284 g/mol. The first-order chi connectivity index (χ1) is 9.58. The Kier molecular flexibility index (Phi) is 4.48. The van der Waals surface area contributed by atoms with Crippen LogP contribution in [0.2, 0.25) is 0 Å². The first kappa shape index (κ1) is 14.2. The molecule has 0 saturated heterocycles. The number of hydrogen-bond donors (Lipinski definition) is 2. The van der Waals surface area contributed by atoms with Crippen molar-refractivity contribution in [3.05, 3.63) is 65.7 Å². The molecule has 3 N–H and O–H groups in total. The van der Waals surface area contributed by atoms with Gasteiger partial charge in [0.2, 0.25) is 5.91 Å². The number of benzene rings is 2. The van der Waals surface area contributed by atoms with Crippen LogP contribution >= 0.6 is 12.2 Å². The molecule has 0 heterocycles. The molecule has 0 aliphatic rings. The minimum absolute atomic E-state index is 0.0590. The van der Waals surface area contributed by atoms with Crippen molar-refractivity contribution < 1.29 is 4.79 Å². The van der Waals surface area contributed by atoms with Gasteiger partial charge in [0.25, 0.3) is 0 Å². The topological polar surface area (TPSA) is 55.1 Å². The van der Waals surface area contributed by atoms with Crippen LogP contribution in [0.4, 0.5) is 5.69 Å². The van der Waals surface area contributed by atoms with Gasteiger partial charge in [0, 0.05) is 11.3 Å². The summed E-state index contributed by atoms with van der Waals surface area (Å²) in [4.78, 5) is 12.5. The predicted molar refractivity (Wildman–Crippen MR) is 85.8 cm³/mol. The van der Waals surface area contributed by atoms with Gasteiger partial charge in [0.05, 0.1) is 5.92 Å². The van der Waals surface area contributed by atoms with Gasteiger partial charge in [0.15, 0.2) is 0 Å². The van der Waals surface area contributed by atoms with E-state index in [-0.39, 0.29) is 11.8 Å². The largest absolute Gasteiger partial charge is 0.389 e. The van der Waals surface area contributed by atoms with Crippen molar-refractivity contribution in [3.63, 3.8) is 0 Å². The van der Waals surface area contributed by atoms with Crippen molar-refractivity contribution in [1.82, 2.24) is 0 Å². The molecule has 0 aromatic heterocycles. The van der Waals surface area contributed by atoms with Crippen molar-refractivity contribution in [3.8, 4) is 0 Å². The highest BCUT2D eigenvalue weighted by Crippen LogP contribution is 2.18. The molecule has 2 rings (SSSR count). The molecular weight excluding hydrogens is 268 g/mol. The molecule has 2 aromatic carbocycles. The number of nitrogens with two attached hydrogens (primary N) is 1. The van der Waals surface area contributed by atoms with Gasteiger partial charge in [-0.25, -0.2) is 0 Å². The lowest BCUT2D eigenvalue weighted by Crippen LogP contribution is -2.19. The van der Waals surface area contributed by atoms with Crippen LogP contribution in [0.15, 0.2) is 54.6 Å². The molecule has 3 nitrogen and oxygen atoms in total. The van der Waals surface area contributed by atoms with Gasteiger partial charge in [-0.05, 0) is 24.6 Å². The van der Waals surface area contributed by atoms with Gasteiger partial charge in [-0.1, -0.05) is 54.7 Å². The molecule has 1 unspecified atom stereocenters. The van der Waals surface area contributed by atoms with Crippen molar-refractivity contribution in [2.45, 2.75) is 12.8 Å². The second-order valence-electron chi connectivity index (χ2n) is 4.57. The molecule has 2 aromatic rings. The zero-order chi connectivity index (χ0) is 14.5. The smallest absolute Gasteiger partial charge is 0.231 e. The predicted octanol–water partition coefficient (Wildman–Crippen LogP) is 3.06. The minimum Gasteiger partial charge on any atom is -0.389 e. The maximum atomic E-state index is 12.2. The summed E-state index contributed by atoms with van der Waals surface area (Å²) in [6.07, 6.45) is 0. The average molecular weight is 284 g/mol. The maximum Gasteiger partial charge on any atom is 0.231 e. The molecule has 0 radical (unpaired) electrons. The van der Waals surface area contributed by atoms with Gasteiger partial charge in [-0.15, -0.1) is 0 Å². The highest BCUT2D eigenvalue weighted by molar-refractivity contribution is 7.80. The van der Waals surface area contributed by atoms with Crippen LogP contribution in [0.5, 0.6) is 0 Å². The standard InChI is InChI=1S/C16H16N2OS/c1-11(12-6-3-2-4-7-12)16(19)18-14-9-5-8-13(10-14)15(17)20/h2-11H,1H3,(H2,17,20)(H,18,19). The average Bonchev–Trinajstić information content (AvgIpc) is 2.47. The highest BCUT2D eigenvalue weighted by Gasteiger charge is 2.15. The van der Waals surface area contributed by atoms with E-state index in [4.69, 9.17) is 18.0 Å². The number of carbonyl (C=O) groups excluding carboxylic acids is 1. The van der Waals surface area contributed by atoms with Gasteiger partial charge < -0.3 is 11.1 Å². The summed E-state index contributed by atoms with van der Waals surface area (Å²) >= 11 is 4.93. The fourth-order valence-corrected chi connectivity index (χ4v) is 2.02. The van der Waals surface area contributed by atoms with Crippen LogP contribution in [0.3, 0.4) is 0 Å². The summed E-state index contributed by atoms with van der Waals surface area (Å²) in [5, 5.41) is 2.88. The summed E-state index contributed by atoms with van der Waals surface area (Å²) in [5.41, 5.74) is 8.00. The van der Waals surface area contributed by atoms with E-state index in [9.17, 15) is 4.79 Å². The Labute approximate surface area is 123 Å². The van der Waals surface area contributed by atoms with Crippen molar-refractivity contribution in [1.29, 1.82) is 0 Å². The Morgan fingerprint density at radius 1 is 1.15 bits per heavy atom. The van der Waals surface area contributed by atoms with E-state index in [1.165, 1.54) is 0 Å². The quantitative estimate of drug-likeness (QED) is 0.848. The fourth-order valence-electron chi connectivity index (χ4n) is 1.89. The van der Waals surface area contributed by atoms with E-state index >= 15 is 0 Å². The normalized spacial score (nSPS) is 11.7. The summed E-state index contributed by atoms with van der Waals surface area (Å²) < 4.78 is 0. The molecule has 102 valence electrons. The van der Waals surface area contributed by atoms with Gasteiger partial charge in [-0.2, -0.15) is 0 Å². The number of rotatable bonds is 4. The van der Waals surface area contributed by atoms with Crippen LogP contribution in [0.1, 0.15) is 24.0 Å². The lowest BCUT2D eigenvalue weighted by Gasteiger charge is -2.13. The molecular formula is C16H16N2OS. The number of thiocarbonyl (C=S) groups is 1. The van der Waals surface area contributed by atoms with Gasteiger partial charge >= 0.3 is 0 Å². The molecule has 0 aliphatic carbocycles. The molecule has 1 atom stereocenters. The van der Waals surface area contributed by atoms with E-state index in [1.807, 2.05) is 55.5 Å². The molecule has 20 heavy (non-hydrogen) atoms. The van der Waals surface area contributed by atoms with E-state index < -0.39 is 0 Å². The molecule has 0 fully saturated rings. The zero-order valence-electron chi connectivity index (χ0n) is 11.2. The molecule has 0 saturated carbocycles. The van der Waals surface area contributed by atoms with Gasteiger partial charge in [0.1, 0.15) is 4.99 Å². The fraction of sp³-hybridized carbons (Fsp3) is 0.125. The summed E-state index contributed by atoms with van der Waals surface area (Å²) in [7, 11) is 0. The van der Waals surface area contributed by atoms with E-state index in [2.05, 4.69) is 5.32 Å². The van der Waals surface area contributed by atoms with Crippen LogP contribution in [-0.4, -0.2) is 10.9 Å². The molecule has 0 spiro atoms. The Bertz CT molecular complexity index is 625. The van der Waals surface area contributed by atoms with E-state index in [0.717, 1.165) is 11.1 Å². The Balaban J connectivity index is 2.12. The van der Waals surface area contributed by atoms with Crippen LogP contribution in [0.25, 0.3) is 0 Å². The molecule has 0 aliphatic heterocycles. The maximum absolute atomic E-state index is 12.2. The minimum atomic E-state index is -0.218. The SMILES string of the molecule is CC(C(=O)Nc1cccc(C(N)=S)c1)c1ccccc1. The Morgan fingerprint density at radius 2 is 1.85 bits per heavy atom. The molecule has 1 amide bonds. The number of carbonyl (C=O) groups is 1. The van der Waals surface area contributed by atoms with E-state index in [1.54, 1.807) is 6.07 Å². The van der Waals surface area contributed by atoms with Gasteiger partial charge in [-0.3, -0.25) is 4.79 Å². The number of nitrogens with one attached hydrogen (secondary N) is 1. The molecule has 0 bridgehead atoms. The van der Waals surface area contributed by atoms with Crippen molar-refractivity contribution in [2.75, 3.05) is 5.32 Å². The number of amides is 1. The first-order valence-corrected chi connectivity index (χ1v) is 6.74. The van der Waals surface area contributed by atoms with Crippen LogP contribution in [-0.2, 0) is 4.79 Å². The Hall–Kier alpha value is -2.20. The second kappa shape index (κ2) is 6.30. The van der Waals surface area contributed by atoms with E-state index in [0.29, 0.717) is 10.7 Å². The summed E-state index contributed by atoms with van der Waals surface area (Å²) in [6, 6.07) is 16.9.